The fourth-order valence-corrected chi connectivity index (χ4v) is 4.95. The molecule has 2 bridgehead atoms. The standard InChI is InChI=1S/C30H42FN3O9/c1-16-11-20-25(33-10-9-31)22(36)14-21(27(20)38)34-29(39)17(2)7-6-8-23(41-4)28(43-30(32)40)19(15-35)13-18(3)26(37)24(12-16)42-5/h6-8,13-14,16,18,23-24,26,28,33,35,37H,9-12,15H2,1-5H3,(H2,32,40)(H,34,39)/b8-6-,17-7+,19-13+/t16-,18+,23+,24+,26-,28+/m1/s1. The predicted molar refractivity (Wildman–Crippen MR) is 155 cm³/mol. The minimum Gasteiger partial charge on any atom is -0.439 e. The fraction of sp³-hybridized carbons (Fsp3) is 0.533. The van der Waals surface area contributed by atoms with E-state index in [1.807, 2.05) is 0 Å². The lowest BCUT2D eigenvalue weighted by atomic mass is 9.85. The highest BCUT2D eigenvalue weighted by Crippen LogP contribution is 2.28. The molecule has 238 valence electrons. The van der Waals surface area contributed by atoms with E-state index >= 15 is 0 Å². The number of alkyl halides is 1. The van der Waals surface area contributed by atoms with Crippen LogP contribution < -0.4 is 16.4 Å². The van der Waals surface area contributed by atoms with Gasteiger partial charge in [0.15, 0.2) is 6.10 Å². The SMILES string of the molecule is CO[C@H]1/C=C\C=C(/C)C(=O)NC2=CC(=O)C(NCCF)=C(C[C@@H](C)C[C@H](OC)[C@H](O)[C@@H](C)/C=C(\CO)[C@@H]1OC(N)=O)C2=O. The number of halogens is 1. The van der Waals surface area contributed by atoms with Crippen molar-refractivity contribution in [3.05, 3.63) is 58.5 Å². The van der Waals surface area contributed by atoms with E-state index in [-0.39, 0.29) is 53.4 Å². The second-order valence-corrected chi connectivity index (χ2v) is 10.5. The first-order chi connectivity index (χ1) is 20.4. The average molecular weight is 608 g/mol. The number of aliphatic hydroxyl groups is 2. The van der Waals surface area contributed by atoms with Crippen LogP contribution in [0, 0.1) is 11.8 Å². The highest BCUT2D eigenvalue weighted by atomic mass is 19.1. The monoisotopic (exact) mass is 607 g/mol. The maximum atomic E-state index is 13.5. The number of rotatable bonds is 7. The smallest absolute Gasteiger partial charge is 0.405 e. The number of ether oxygens (including phenoxy) is 3. The van der Waals surface area contributed by atoms with Crippen molar-refractivity contribution < 1.29 is 48.0 Å². The molecule has 6 atom stereocenters. The summed E-state index contributed by atoms with van der Waals surface area (Å²) >= 11 is 0. The number of primary amides is 1. The topological polar surface area (TPSA) is 187 Å². The number of aliphatic hydroxyl groups excluding tert-OH is 2. The molecular weight excluding hydrogens is 565 g/mol. The van der Waals surface area contributed by atoms with Crippen molar-refractivity contribution in [2.24, 2.45) is 17.6 Å². The number of allylic oxidation sites excluding steroid dienone is 4. The van der Waals surface area contributed by atoms with Gasteiger partial charge in [0.25, 0.3) is 5.91 Å². The summed E-state index contributed by atoms with van der Waals surface area (Å²) in [5.41, 5.74) is 5.48. The van der Waals surface area contributed by atoms with Crippen LogP contribution in [0.15, 0.2) is 58.5 Å². The number of carbonyl (C=O) groups excluding carboxylic acids is 4. The van der Waals surface area contributed by atoms with Gasteiger partial charge in [0, 0.05) is 43.9 Å². The van der Waals surface area contributed by atoms with Gasteiger partial charge in [-0.1, -0.05) is 38.2 Å². The normalized spacial score (nSPS) is 31.3. The molecular formula is C30H42FN3O9. The van der Waals surface area contributed by atoms with Crippen LogP contribution in [0.4, 0.5) is 9.18 Å². The van der Waals surface area contributed by atoms with Crippen molar-refractivity contribution in [1.82, 2.24) is 10.6 Å². The van der Waals surface area contributed by atoms with Gasteiger partial charge in [-0.3, -0.25) is 14.4 Å². The maximum absolute atomic E-state index is 13.5. The van der Waals surface area contributed by atoms with Crippen molar-refractivity contribution in [3.8, 4) is 0 Å². The van der Waals surface area contributed by atoms with Crippen LogP contribution in [-0.4, -0.2) is 92.2 Å². The van der Waals surface area contributed by atoms with E-state index in [0.717, 1.165) is 6.08 Å². The first-order valence-electron chi connectivity index (χ1n) is 13.9. The van der Waals surface area contributed by atoms with Gasteiger partial charge < -0.3 is 40.8 Å². The molecule has 43 heavy (non-hydrogen) atoms. The Kier molecular flexibility index (Phi) is 13.9. The molecule has 2 rings (SSSR count). The zero-order valence-corrected chi connectivity index (χ0v) is 25.1. The van der Waals surface area contributed by atoms with E-state index in [9.17, 15) is 33.8 Å². The summed E-state index contributed by atoms with van der Waals surface area (Å²) in [6.45, 7) is 3.46. The Hall–Kier alpha value is -3.65. The molecule has 0 aromatic heterocycles. The Bertz CT molecular complexity index is 1210. The quantitative estimate of drug-likeness (QED) is 0.209. The largest absolute Gasteiger partial charge is 0.439 e. The van der Waals surface area contributed by atoms with Gasteiger partial charge in [-0.25, -0.2) is 9.18 Å². The van der Waals surface area contributed by atoms with Crippen molar-refractivity contribution >= 4 is 23.6 Å². The summed E-state index contributed by atoms with van der Waals surface area (Å²) in [5, 5.41) is 26.6. The molecule has 13 heteroatoms. The Morgan fingerprint density at radius 1 is 1.21 bits per heavy atom. The minimum absolute atomic E-state index is 0.0434. The number of hydrogen-bond acceptors (Lipinski definition) is 10. The summed E-state index contributed by atoms with van der Waals surface area (Å²) < 4.78 is 29.3. The highest BCUT2D eigenvalue weighted by molar-refractivity contribution is 6.23. The number of amides is 2. The van der Waals surface area contributed by atoms with Crippen molar-refractivity contribution in [2.75, 3.05) is 34.0 Å². The molecule has 0 fully saturated rings. The Morgan fingerprint density at radius 3 is 2.49 bits per heavy atom. The fourth-order valence-electron chi connectivity index (χ4n) is 4.95. The predicted octanol–water partition coefficient (Wildman–Crippen LogP) is 1.29. The first-order valence-corrected chi connectivity index (χ1v) is 13.9. The van der Waals surface area contributed by atoms with Crippen LogP contribution >= 0.6 is 0 Å². The second kappa shape index (κ2) is 16.8. The molecule has 2 amide bonds. The lowest BCUT2D eigenvalue weighted by Crippen LogP contribution is -2.38. The number of hydrogen-bond donors (Lipinski definition) is 5. The number of carbonyl (C=O) groups is 4. The van der Waals surface area contributed by atoms with Gasteiger partial charge in [-0.05, 0) is 31.3 Å². The van der Waals surface area contributed by atoms with Crippen molar-refractivity contribution in [3.63, 3.8) is 0 Å². The van der Waals surface area contributed by atoms with Crippen LogP contribution in [0.1, 0.15) is 33.6 Å². The van der Waals surface area contributed by atoms with Gasteiger partial charge in [-0.2, -0.15) is 0 Å². The number of nitrogens with one attached hydrogen (secondary N) is 2. The lowest BCUT2D eigenvalue weighted by Gasteiger charge is -2.30. The highest BCUT2D eigenvalue weighted by Gasteiger charge is 2.33. The minimum atomic E-state index is -1.17. The summed E-state index contributed by atoms with van der Waals surface area (Å²) in [4.78, 5) is 51.1. The van der Waals surface area contributed by atoms with Gasteiger partial charge in [-0.15, -0.1) is 0 Å². The van der Waals surface area contributed by atoms with E-state index < -0.39 is 67.2 Å². The number of ketones is 2. The molecule has 0 spiro atoms. The average Bonchev–Trinajstić information content (AvgIpc) is 2.96. The summed E-state index contributed by atoms with van der Waals surface area (Å²) in [5.74, 6) is -2.78. The van der Waals surface area contributed by atoms with E-state index in [1.54, 1.807) is 19.9 Å². The Labute approximate surface area is 250 Å². The summed E-state index contributed by atoms with van der Waals surface area (Å²) in [6, 6.07) is 0. The van der Waals surface area contributed by atoms with Gasteiger partial charge >= 0.3 is 6.09 Å². The molecule has 1 heterocycles. The molecule has 0 saturated heterocycles. The molecule has 12 nitrogen and oxygen atoms in total. The van der Waals surface area contributed by atoms with Crippen molar-refractivity contribution in [1.29, 1.82) is 0 Å². The number of methoxy groups -OCH3 is 2. The molecule has 0 aromatic carbocycles. The van der Waals surface area contributed by atoms with Crippen molar-refractivity contribution in [2.45, 2.75) is 58.0 Å². The molecule has 0 unspecified atom stereocenters. The second-order valence-electron chi connectivity index (χ2n) is 10.5. The van der Waals surface area contributed by atoms with Crippen LogP contribution in [-0.2, 0) is 28.6 Å². The molecule has 0 radical (unpaired) electrons. The van der Waals surface area contributed by atoms with Gasteiger partial charge in [0.2, 0.25) is 11.6 Å². The third-order valence-corrected chi connectivity index (χ3v) is 7.24. The summed E-state index contributed by atoms with van der Waals surface area (Å²) in [7, 11) is 2.76. The Balaban J connectivity index is 2.65. The van der Waals surface area contributed by atoms with E-state index in [4.69, 9.17) is 19.9 Å². The van der Waals surface area contributed by atoms with E-state index in [0.29, 0.717) is 0 Å². The molecule has 0 saturated carbocycles. The van der Waals surface area contributed by atoms with Crippen LogP contribution in [0.5, 0.6) is 0 Å². The zero-order chi connectivity index (χ0) is 32.3. The molecule has 0 aromatic rings. The zero-order valence-electron chi connectivity index (χ0n) is 25.1. The molecule has 1 aliphatic carbocycles. The van der Waals surface area contributed by atoms with Gasteiger partial charge in [0.1, 0.15) is 12.8 Å². The third kappa shape index (κ3) is 9.68. The number of fused-ring (bicyclic) bond motifs is 2. The summed E-state index contributed by atoms with van der Waals surface area (Å²) in [6.07, 6.45) is 2.09. The maximum Gasteiger partial charge on any atom is 0.405 e. The van der Waals surface area contributed by atoms with Crippen LogP contribution in [0.3, 0.4) is 0 Å². The lowest BCUT2D eigenvalue weighted by molar-refractivity contribution is -0.120. The Morgan fingerprint density at radius 2 is 1.91 bits per heavy atom. The first kappa shape index (κ1) is 35.5. The van der Waals surface area contributed by atoms with Gasteiger partial charge in [0.05, 0.1) is 30.2 Å². The number of Topliss-reactive ketones (excluding diaryl/α,β-unsaturated/α-hetero) is 1. The van der Waals surface area contributed by atoms with E-state index in [1.165, 1.54) is 39.4 Å². The molecule has 1 aliphatic heterocycles. The number of nitrogens with two attached hydrogens (primary N) is 1. The third-order valence-electron chi connectivity index (χ3n) is 7.24. The van der Waals surface area contributed by atoms with Crippen LogP contribution in [0.2, 0.25) is 0 Å². The van der Waals surface area contributed by atoms with E-state index in [2.05, 4.69) is 10.6 Å². The molecule has 2 aliphatic rings. The van der Waals surface area contributed by atoms with Crippen LogP contribution in [0.25, 0.3) is 0 Å². The molecule has 6 N–H and O–H groups in total.